The van der Waals surface area contributed by atoms with E-state index in [9.17, 15) is 19.2 Å². The van der Waals surface area contributed by atoms with Crippen LogP contribution in [0.5, 0.6) is 0 Å². The molecule has 8 atom stereocenters. The highest BCUT2D eigenvalue weighted by Crippen LogP contribution is 2.76. The van der Waals surface area contributed by atoms with E-state index in [1.54, 1.807) is 0 Å². The third-order valence-corrected chi connectivity index (χ3v) is 14.4. The molecule has 0 bridgehead atoms. The van der Waals surface area contributed by atoms with E-state index < -0.39 is 16.7 Å². The minimum atomic E-state index is -0.642. The van der Waals surface area contributed by atoms with Crippen molar-refractivity contribution in [2.75, 3.05) is 0 Å². The van der Waals surface area contributed by atoms with Crippen LogP contribution in [0.2, 0.25) is 0 Å². The molecule has 5 aliphatic rings. The van der Waals surface area contributed by atoms with Crippen LogP contribution >= 0.6 is 0 Å². The number of allylic oxidation sites excluding steroid dienone is 2. The van der Waals surface area contributed by atoms with Crippen molar-refractivity contribution >= 4 is 11.9 Å². The lowest BCUT2D eigenvalue weighted by atomic mass is 9.33. The van der Waals surface area contributed by atoms with Gasteiger partial charge in [-0.25, -0.2) is 9.36 Å². The monoisotopic (exact) mass is 592 g/mol. The lowest BCUT2D eigenvalue weighted by molar-refractivity contribution is -0.211. The molecule has 236 valence electrons. The van der Waals surface area contributed by atoms with Gasteiger partial charge in [0.25, 0.3) is 5.56 Å². The first-order valence-corrected chi connectivity index (χ1v) is 16.7. The van der Waals surface area contributed by atoms with Gasteiger partial charge in [0.2, 0.25) is 5.91 Å². The zero-order valence-corrected chi connectivity index (χ0v) is 27.6. The van der Waals surface area contributed by atoms with Crippen LogP contribution in [0.4, 0.5) is 0 Å². The van der Waals surface area contributed by atoms with Crippen LogP contribution in [-0.2, 0) is 9.53 Å². The highest BCUT2D eigenvalue weighted by atomic mass is 16.5. The molecule has 7 nitrogen and oxygen atoms in total. The van der Waals surface area contributed by atoms with E-state index in [2.05, 4.69) is 59.5 Å². The molecule has 0 saturated heterocycles. The molecule has 1 aromatic heterocycles. The lowest BCUT2D eigenvalue weighted by Crippen LogP contribution is -2.65. The SMILES string of the molecule is CC(=O)O[C@H]1CC[C@@]2(C)C(CC[C@]3(C)C2CC=C2[C@@H]4CC(C)(C)CC[C@]4(C(=O)n4ccc(=O)[nH]c4=O)CC[C@]23C)C1(C)C. The second kappa shape index (κ2) is 9.53. The maximum atomic E-state index is 14.4. The van der Waals surface area contributed by atoms with Crippen LogP contribution in [0.1, 0.15) is 124 Å². The van der Waals surface area contributed by atoms with Gasteiger partial charge in [-0.1, -0.05) is 60.1 Å². The Morgan fingerprint density at radius 2 is 1.60 bits per heavy atom. The highest BCUT2D eigenvalue weighted by Gasteiger charge is 2.69. The van der Waals surface area contributed by atoms with Crippen molar-refractivity contribution < 1.29 is 14.3 Å². The van der Waals surface area contributed by atoms with Crippen molar-refractivity contribution in [3.05, 3.63) is 44.8 Å². The van der Waals surface area contributed by atoms with Crippen LogP contribution in [-0.4, -0.2) is 27.5 Å². The summed E-state index contributed by atoms with van der Waals surface area (Å²) in [6.07, 6.45) is 13.4. The number of carbonyl (C=O) groups is 2. The standard InChI is InChI=1S/C36H52N2O5/c1-22(39)43-27-12-14-33(6)25(32(27,4)5)11-15-35(8)26(33)10-9-23-24-21-31(2,3)16-18-36(24,19-17-34(23,35)7)29(41)38-20-13-28(40)37-30(38)42/h9,13,20,24-27H,10-12,14-19,21H2,1-8H3,(H,37,40,42)/t24-,25?,26?,27-,33-,34+,35+,36-/m0/s1. The molecule has 0 spiro atoms. The molecular weight excluding hydrogens is 540 g/mol. The summed E-state index contributed by atoms with van der Waals surface area (Å²) >= 11 is 0. The lowest BCUT2D eigenvalue weighted by Gasteiger charge is -2.71. The predicted octanol–water partition coefficient (Wildman–Crippen LogP) is 6.91. The molecule has 0 radical (unpaired) electrons. The van der Waals surface area contributed by atoms with Crippen molar-refractivity contribution in [1.82, 2.24) is 9.55 Å². The molecule has 43 heavy (non-hydrogen) atoms. The maximum Gasteiger partial charge on any atom is 0.335 e. The van der Waals surface area contributed by atoms with Crippen molar-refractivity contribution in [3.63, 3.8) is 0 Å². The van der Waals surface area contributed by atoms with Crippen LogP contribution in [0.25, 0.3) is 0 Å². The molecule has 0 amide bonds. The molecule has 6 rings (SSSR count). The number of aromatic amines is 1. The summed E-state index contributed by atoms with van der Waals surface area (Å²) in [7, 11) is 0. The molecule has 7 heteroatoms. The molecule has 0 aromatic carbocycles. The largest absolute Gasteiger partial charge is 0.462 e. The van der Waals surface area contributed by atoms with Crippen LogP contribution in [0.3, 0.4) is 0 Å². The Bertz CT molecular complexity index is 1500. The Balaban J connectivity index is 1.42. The van der Waals surface area contributed by atoms with Gasteiger partial charge in [-0.05, 0) is 104 Å². The third kappa shape index (κ3) is 4.18. The predicted molar refractivity (Wildman–Crippen MR) is 167 cm³/mol. The molecule has 4 saturated carbocycles. The number of hydrogen-bond acceptors (Lipinski definition) is 5. The summed E-state index contributed by atoms with van der Waals surface area (Å²) in [6, 6.07) is 1.28. The van der Waals surface area contributed by atoms with E-state index in [4.69, 9.17) is 4.74 Å². The quantitative estimate of drug-likeness (QED) is 0.297. The summed E-state index contributed by atoms with van der Waals surface area (Å²) in [5, 5.41) is 0. The second-order valence-electron chi connectivity index (χ2n) is 17.1. The fourth-order valence-corrected chi connectivity index (χ4v) is 11.8. The van der Waals surface area contributed by atoms with Gasteiger partial charge in [0.15, 0.2) is 0 Å². The molecular formula is C36H52N2O5. The van der Waals surface area contributed by atoms with Crippen LogP contribution in [0, 0.1) is 50.2 Å². The van der Waals surface area contributed by atoms with Crippen molar-refractivity contribution in [3.8, 4) is 0 Å². The summed E-state index contributed by atoms with van der Waals surface area (Å²) in [5.41, 5.74) is -0.114. The fourth-order valence-electron chi connectivity index (χ4n) is 11.8. The van der Waals surface area contributed by atoms with E-state index in [-0.39, 0.29) is 51.0 Å². The fraction of sp³-hybridized carbons (Fsp3) is 0.778. The number of ether oxygens (including phenoxy) is 1. The van der Waals surface area contributed by atoms with E-state index in [1.165, 1.54) is 29.3 Å². The molecule has 1 aromatic rings. The van der Waals surface area contributed by atoms with Gasteiger partial charge in [0.05, 0.1) is 5.41 Å². The minimum absolute atomic E-state index is 0.0418. The number of nitrogens with zero attached hydrogens (tertiary/aromatic N) is 1. The Kier molecular flexibility index (Phi) is 6.78. The highest BCUT2D eigenvalue weighted by molar-refractivity contribution is 5.86. The first-order chi connectivity index (χ1) is 19.9. The summed E-state index contributed by atoms with van der Waals surface area (Å²) in [4.78, 5) is 53.4. The van der Waals surface area contributed by atoms with Crippen molar-refractivity contribution in [1.29, 1.82) is 0 Å². The topological polar surface area (TPSA) is 98.2 Å². The Labute approximate surface area is 256 Å². The van der Waals surface area contributed by atoms with Gasteiger partial charge in [-0.3, -0.25) is 19.4 Å². The third-order valence-electron chi connectivity index (χ3n) is 14.4. The number of rotatable bonds is 2. The van der Waals surface area contributed by atoms with Gasteiger partial charge in [-0.2, -0.15) is 0 Å². The van der Waals surface area contributed by atoms with E-state index >= 15 is 0 Å². The van der Waals surface area contributed by atoms with Gasteiger partial charge < -0.3 is 4.74 Å². The minimum Gasteiger partial charge on any atom is -0.462 e. The molecule has 2 unspecified atom stereocenters. The van der Waals surface area contributed by atoms with E-state index in [0.717, 1.165) is 64.2 Å². The Hall–Kier alpha value is -2.44. The molecule has 5 aliphatic carbocycles. The number of nitrogens with one attached hydrogen (secondary N) is 1. The number of esters is 1. The smallest absolute Gasteiger partial charge is 0.335 e. The number of carbonyl (C=O) groups excluding carboxylic acids is 2. The van der Waals surface area contributed by atoms with Gasteiger partial charge in [0, 0.05) is 24.6 Å². The van der Waals surface area contributed by atoms with Gasteiger partial charge in [0.1, 0.15) is 6.10 Å². The second-order valence-corrected chi connectivity index (χ2v) is 17.1. The number of aromatic nitrogens is 2. The van der Waals surface area contributed by atoms with Crippen molar-refractivity contribution in [2.24, 2.45) is 50.2 Å². The molecule has 4 fully saturated rings. The van der Waals surface area contributed by atoms with Gasteiger partial charge >= 0.3 is 11.7 Å². The Morgan fingerprint density at radius 3 is 2.28 bits per heavy atom. The normalized spacial score (nSPS) is 42.7. The molecule has 0 aliphatic heterocycles. The van der Waals surface area contributed by atoms with E-state index in [1.807, 2.05) is 0 Å². The number of H-pyrrole nitrogens is 1. The zero-order valence-electron chi connectivity index (χ0n) is 27.6. The maximum absolute atomic E-state index is 14.4. The first-order valence-electron chi connectivity index (χ1n) is 16.7. The molecule has 1 heterocycles. The molecule has 1 N–H and O–H groups in total. The average molecular weight is 593 g/mol. The zero-order chi connectivity index (χ0) is 31.4. The number of hydrogen-bond donors (Lipinski definition) is 1. The van der Waals surface area contributed by atoms with E-state index in [0.29, 0.717) is 11.8 Å². The Morgan fingerprint density at radius 1 is 0.907 bits per heavy atom. The number of fused-ring (bicyclic) bond motifs is 7. The van der Waals surface area contributed by atoms with Crippen LogP contribution in [0.15, 0.2) is 33.5 Å². The first kappa shape index (κ1) is 30.6. The van der Waals surface area contributed by atoms with Gasteiger partial charge in [-0.15, -0.1) is 0 Å². The van der Waals surface area contributed by atoms with Crippen LogP contribution < -0.4 is 11.2 Å². The summed E-state index contributed by atoms with van der Waals surface area (Å²) in [6.45, 7) is 18.4. The summed E-state index contributed by atoms with van der Waals surface area (Å²) in [5.74, 6) is 0.720. The average Bonchev–Trinajstić information content (AvgIpc) is 2.90. The van der Waals surface area contributed by atoms with Crippen molar-refractivity contribution in [2.45, 2.75) is 126 Å². The summed E-state index contributed by atoms with van der Waals surface area (Å²) < 4.78 is 7.08.